The van der Waals surface area contributed by atoms with Crippen LogP contribution in [0.5, 0.6) is 0 Å². The zero-order valence-corrected chi connectivity index (χ0v) is 11.0. The Bertz CT molecular complexity index is 242. The van der Waals surface area contributed by atoms with Crippen LogP contribution in [-0.2, 0) is 10.0 Å². The SMILES string of the molecule is CCSCCC(C)NS(=O)(=O)CCCO. The quantitative estimate of drug-likeness (QED) is 0.599. The number of rotatable bonds is 9. The number of aliphatic hydroxyl groups excluding tert-OH is 1. The van der Waals surface area contributed by atoms with Crippen LogP contribution in [0.1, 0.15) is 26.7 Å². The molecule has 0 aromatic carbocycles. The fourth-order valence-corrected chi connectivity index (χ4v) is 3.25. The maximum Gasteiger partial charge on any atom is 0.211 e. The van der Waals surface area contributed by atoms with E-state index in [0.29, 0.717) is 6.42 Å². The lowest BCUT2D eigenvalue weighted by atomic mass is 10.3. The Morgan fingerprint density at radius 1 is 1.47 bits per heavy atom. The summed E-state index contributed by atoms with van der Waals surface area (Å²) in [6.07, 6.45) is 1.14. The van der Waals surface area contributed by atoms with E-state index in [1.807, 2.05) is 6.92 Å². The van der Waals surface area contributed by atoms with Gasteiger partial charge in [-0.05, 0) is 31.3 Å². The van der Waals surface area contributed by atoms with Crippen LogP contribution in [0.2, 0.25) is 0 Å². The summed E-state index contributed by atoms with van der Waals surface area (Å²) >= 11 is 1.81. The van der Waals surface area contributed by atoms with Crippen molar-refractivity contribution in [2.75, 3.05) is 23.9 Å². The van der Waals surface area contributed by atoms with Crippen LogP contribution >= 0.6 is 11.8 Å². The molecule has 0 saturated heterocycles. The molecule has 4 nitrogen and oxygen atoms in total. The average Bonchev–Trinajstić information content (AvgIpc) is 2.14. The van der Waals surface area contributed by atoms with Gasteiger partial charge in [0.1, 0.15) is 0 Å². The second kappa shape index (κ2) is 8.38. The van der Waals surface area contributed by atoms with Gasteiger partial charge in [-0.15, -0.1) is 0 Å². The van der Waals surface area contributed by atoms with E-state index in [4.69, 9.17) is 5.11 Å². The van der Waals surface area contributed by atoms with Gasteiger partial charge in [0, 0.05) is 12.6 Å². The Morgan fingerprint density at radius 2 is 2.13 bits per heavy atom. The van der Waals surface area contributed by atoms with Gasteiger partial charge in [0.15, 0.2) is 0 Å². The van der Waals surface area contributed by atoms with Crippen molar-refractivity contribution in [2.45, 2.75) is 32.7 Å². The minimum absolute atomic E-state index is 0.00869. The van der Waals surface area contributed by atoms with E-state index < -0.39 is 10.0 Å². The van der Waals surface area contributed by atoms with Gasteiger partial charge < -0.3 is 5.11 Å². The Labute approximate surface area is 96.9 Å². The molecule has 0 bridgehead atoms. The molecule has 0 aromatic heterocycles. The molecule has 0 spiro atoms. The Hall–Kier alpha value is 0.220. The molecule has 0 radical (unpaired) electrons. The van der Waals surface area contributed by atoms with Crippen molar-refractivity contribution in [3.8, 4) is 0 Å². The molecule has 0 amide bonds. The lowest BCUT2D eigenvalue weighted by molar-refractivity contribution is 0.295. The number of hydrogen-bond acceptors (Lipinski definition) is 4. The van der Waals surface area contributed by atoms with Crippen LogP contribution in [0.25, 0.3) is 0 Å². The van der Waals surface area contributed by atoms with Crippen molar-refractivity contribution in [3.05, 3.63) is 0 Å². The van der Waals surface area contributed by atoms with Gasteiger partial charge in [-0.2, -0.15) is 11.8 Å². The summed E-state index contributed by atoms with van der Waals surface area (Å²) in [5, 5.41) is 8.54. The highest BCUT2D eigenvalue weighted by Crippen LogP contribution is 2.04. The molecule has 1 unspecified atom stereocenters. The van der Waals surface area contributed by atoms with Crippen LogP contribution < -0.4 is 4.72 Å². The summed E-state index contributed by atoms with van der Waals surface area (Å²) in [5.74, 6) is 2.04. The zero-order valence-electron chi connectivity index (χ0n) is 9.40. The maximum absolute atomic E-state index is 11.4. The molecule has 6 heteroatoms. The van der Waals surface area contributed by atoms with Crippen LogP contribution in [0.3, 0.4) is 0 Å². The zero-order chi connectivity index (χ0) is 11.7. The highest BCUT2D eigenvalue weighted by Gasteiger charge is 2.13. The molecule has 0 aliphatic heterocycles. The van der Waals surface area contributed by atoms with Crippen molar-refractivity contribution in [2.24, 2.45) is 0 Å². The van der Waals surface area contributed by atoms with Crippen LogP contribution in [0.15, 0.2) is 0 Å². The van der Waals surface area contributed by atoms with Gasteiger partial charge in [0.2, 0.25) is 10.0 Å². The molecule has 0 aliphatic carbocycles. The van der Waals surface area contributed by atoms with Crippen LogP contribution in [0.4, 0.5) is 0 Å². The maximum atomic E-state index is 11.4. The second-order valence-corrected chi connectivity index (χ2v) is 6.67. The molecular weight excluding hydrogens is 234 g/mol. The van der Waals surface area contributed by atoms with Crippen LogP contribution in [-0.4, -0.2) is 43.4 Å². The first-order valence-electron chi connectivity index (χ1n) is 5.20. The predicted molar refractivity (Wildman–Crippen MR) is 65.7 cm³/mol. The monoisotopic (exact) mass is 255 g/mol. The Balaban J connectivity index is 3.78. The third-order valence-corrected chi connectivity index (χ3v) is 4.37. The van der Waals surface area contributed by atoms with Crippen molar-refractivity contribution in [3.63, 3.8) is 0 Å². The molecule has 2 N–H and O–H groups in total. The first-order valence-corrected chi connectivity index (χ1v) is 8.01. The molecule has 0 aromatic rings. The van der Waals surface area contributed by atoms with E-state index in [0.717, 1.165) is 17.9 Å². The van der Waals surface area contributed by atoms with E-state index in [1.54, 1.807) is 11.8 Å². The third-order valence-electron chi connectivity index (χ3n) is 1.85. The first-order chi connectivity index (χ1) is 7.02. The summed E-state index contributed by atoms with van der Waals surface area (Å²) in [6.45, 7) is 3.87. The number of thioether (sulfide) groups is 1. The van der Waals surface area contributed by atoms with Crippen molar-refractivity contribution < 1.29 is 13.5 Å². The summed E-state index contributed by atoms with van der Waals surface area (Å²) in [5.41, 5.74) is 0. The lowest BCUT2D eigenvalue weighted by Gasteiger charge is -2.13. The number of hydrogen-bond donors (Lipinski definition) is 2. The molecule has 0 rings (SSSR count). The summed E-state index contributed by atoms with van der Waals surface area (Å²) in [7, 11) is -3.20. The fourth-order valence-electron chi connectivity index (χ4n) is 1.08. The van der Waals surface area contributed by atoms with Crippen molar-refractivity contribution >= 4 is 21.8 Å². The number of aliphatic hydroxyl groups is 1. The molecule has 0 heterocycles. The fraction of sp³-hybridized carbons (Fsp3) is 1.00. The molecule has 1 atom stereocenters. The Kier molecular flexibility index (Phi) is 8.50. The second-order valence-electron chi connectivity index (χ2n) is 3.40. The number of sulfonamides is 1. The molecule has 15 heavy (non-hydrogen) atoms. The van der Waals surface area contributed by atoms with E-state index in [1.165, 1.54) is 0 Å². The van der Waals surface area contributed by atoms with Crippen LogP contribution in [0, 0.1) is 0 Å². The van der Waals surface area contributed by atoms with E-state index in [9.17, 15) is 8.42 Å². The first kappa shape index (κ1) is 15.2. The Morgan fingerprint density at radius 3 is 2.67 bits per heavy atom. The van der Waals surface area contributed by atoms with Gasteiger partial charge in [0.25, 0.3) is 0 Å². The van der Waals surface area contributed by atoms with E-state index in [2.05, 4.69) is 11.6 Å². The number of nitrogens with one attached hydrogen (secondary N) is 1. The minimum Gasteiger partial charge on any atom is -0.396 e. The standard InChI is InChI=1S/C9H21NO3S2/c1-3-14-7-5-9(2)10-15(12,13)8-4-6-11/h9-11H,3-8H2,1-2H3. The molecule has 92 valence electrons. The van der Waals surface area contributed by atoms with E-state index >= 15 is 0 Å². The van der Waals surface area contributed by atoms with Gasteiger partial charge >= 0.3 is 0 Å². The minimum atomic E-state index is -3.20. The smallest absolute Gasteiger partial charge is 0.211 e. The topological polar surface area (TPSA) is 66.4 Å². The van der Waals surface area contributed by atoms with Gasteiger partial charge in [0.05, 0.1) is 5.75 Å². The molecular formula is C9H21NO3S2. The highest BCUT2D eigenvalue weighted by atomic mass is 32.2. The largest absolute Gasteiger partial charge is 0.396 e. The normalized spacial score (nSPS) is 14.1. The van der Waals surface area contributed by atoms with Crippen molar-refractivity contribution in [1.29, 1.82) is 0 Å². The summed E-state index contributed by atoms with van der Waals surface area (Å²) in [4.78, 5) is 0. The summed E-state index contributed by atoms with van der Waals surface area (Å²) < 4.78 is 25.4. The third kappa shape index (κ3) is 9.17. The summed E-state index contributed by atoms with van der Waals surface area (Å²) in [6, 6.07) is -0.0206. The van der Waals surface area contributed by atoms with Gasteiger partial charge in [-0.1, -0.05) is 6.92 Å². The highest BCUT2D eigenvalue weighted by molar-refractivity contribution is 7.99. The van der Waals surface area contributed by atoms with E-state index in [-0.39, 0.29) is 18.4 Å². The predicted octanol–water partition coefficient (Wildman–Crippen LogP) is 0.820. The molecule has 0 fully saturated rings. The average molecular weight is 255 g/mol. The lowest BCUT2D eigenvalue weighted by Crippen LogP contribution is -2.35. The molecule has 0 saturated carbocycles. The molecule has 0 aliphatic rings. The van der Waals surface area contributed by atoms with Crippen molar-refractivity contribution in [1.82, 2.24) is 4.72 Å². The van der Waals surface area contributed by atoms with Gasteiger partial charge in [-0.3, -0.25) is 0 Å². The van der Waals surface area contributed by atoms with Gasteiger partial charge in [-0.25, -0.2) is 13.1 Å².